The van der Waals surface area contributed by atoms with Crippen molar-refractivity contribution >= 4 is 16.8 Å². The SMILES string of the molecule is CN(CCCO)C(=O)c1ccnc2ccccc12. The van der Waals surface area contributed by atoms with Crippen molar-refractivity contribution in [3.8, 4) is 0 Å². The third kappa shape index (κ3) is 2.49. The normalized spacial score (nSPS) is 10.6. The summed E-state index contributed by atoms with van der Waals surface area (Å²) in [7, 11) is 1.74. The van der Waals surface area contributed by atoms with E-state index in [1.165, 1.54) is 0 Å². The van der Waals surface area contributed by atoms with Gasteiger partial charge in [-0.1, -0.05) is 18.2 Å². The minimum atomic E-state index is -0.0398. The Hall–Kier alpha value is -1.94. The lowest BCUT2D eigenvalue weighted by Crippen LogP contribution is -2.28. The van der Waals surface area contributed by atoms with Crippen LogP contribution in [0.2, 0.25) is 0 Å². The van der Waals surface area contributed by atoms with Gasteiger partial charge in [0.1, 0.15) is 0 Å². The minimum absolute atomic E-state index is 0.0398. The van der Waals surface area contributed by atoms with Crippen LogP contribution in [0.5, 0.6) is 0 Å². The van der Waals surface area contributed by atoms with Gasteiger partial charge in [0, 0.05) is 31.8 Å². The molecule has 0 spiro atoms. The Bertz CT molecular complexity index is 549. The summed E-state index contributed by atoms with van der Waals surface area (Å²) in [6.07, 6.45) is 2.24. The number of pyridine rings is 1. The van der Waals surface area contributed by atoms with Gasteiger partial charge in [0.05, 0.1) is 11.1 Å². The number of carbonyl (C=O) groups is 1. The van der Waals surface area contributed by atoms with E-state index in [-0.39, 0.29) is 12.5 Å². The maximum atomic E-state index is 12.3. The van der Waals surface area contributed by atoms with E-state index in [4.69, 9.17) is 5.11 Å². The lowest BCUT2D eigenvalue weighted by atomic mass is 10.1. The van der Waals surface area contributed by atoms with Crippen molar-refractivity contribution in [3.05, 3.63) is 42.1 Å². The molecule has 1 N–H and O–H groups in total. The number of aliphatic hydroxyl groups is 1. The summed E-state index contributed by atoms with van der Waals surface area (Å²) in [6.45, 7) is 0.640. The Morgan fingerprint density at radius 3 is 2.89 bits per heavy atom. The van der Waals surface area contributed by atoms with Crippen LogP contribution in [0.3, 0.4) is 0 Å². The predicted molar refractivity (Wildman–Crippen MR) is 70.4 cm³/mol. The van der Waals surface area contributed by atoms with E-state index in [0.29, 0.717) is 18.5 Å². The zero-order chi connectivity index (χ0) is 13.0. The van der Waals surface area contributed by atoms with Crippen molar-refractivity contribution < 1.29 is 9.90 Å². The Balaban J connectivity index is 2.33. The largest absolute Gasteiger partial charge is 0.396 e. The molecular formula is C14H16N2O2. The van der Waals surface area contributed by atoms with Gasteiger partial charge in [-0.15, -0.1) is 0 Å². The molecule has 0 fully saturated rings. The number of amides is 1. The average molecular weight is 244 g/mol. The second kappa shape index (κ2) is 5.60. The molecule has 0 unspecified atom stereocenters. The highest BCUT2D eigenvalue weighted by molar-refractivity contribution is 6.05. The van der Waals surface area contributed by atoms with Crippen molar-refractivity contribution in [2.75, 3.05) is 20.2 Å². The topological polar surface area (TPSA) is 53.4 Å². The number of fused-ring (bicyclic) bond motifs is 1. The van der Waals surface area contributed by atoms with Crippen molar-refractivity contribution in [1.29, 1.82) is 0 Å². The lowest BCUT2D eigenvalue weighted by Gasteiger charge is -2.17. The summed E-state index contributed by atoms with van der Waals surface area (Å²) >= 11 is 0. The molecule has 0 aliphatic heterocycles. The van der Waals surface area contributed by atoms with Crippen molar-refractivity contribution in [2.24, 2.45) is 0 Å². The molecule has 2 rings (SSSR count). The van der Waals surface area contributed by atoms with Crippen LogP contribution in [0, 0.1) is 0 Å². The molecule has 0 radical (unpaired) electrons. The van der Waals surface area contributed by atoms with Gasteiger partial charge in [-0.25, -0.2) is 0 Å². The van der Waals surface area contributed by atoms with Gasteiger partial charge in [0.15, 0.2) is 0 Å². The molecule has 2 aromatic rings. The van der Waals surface area contributed by atoms with Crippen LogP contribution in [-0.4, -0.2) is 41.1 Å². The van der Waals surface area contributed by atoms with Gasteiger partial charge in [-0.3, -0.25) is 9.78 Å². The molecule has 1 aromatic carbocycles. The minimum Gasteiger partial charge on any atom is -0.396 e. The number of benzene rings is 1. The highest BCUT2D eigenvalue weighted by atomic mass is 16.3. The zero-order valence-electron chi connectivity index (χ0n) is 10.3. The Morgan fingerprint density at radius 2 is 2.11 bits per heavy atom. The number of carbonyl (C=O) groups excluding carboxylic acids is 1. The lowest BCUT2D eigenvalue weighted by molar-refractivity contribution is 0.0788. The van der Waals surface area contributed by atoms with Crippen LogP contribution in [-0.2, 0) is 0 Å². The van der Waals surface area contributed by atoms with Gasteiger partial charge >= 0.3 is 0 Å². The van der Waals surface area contributed by atoms with E-state index in [2.05, 4.69) is 4.98 Å². The molecule has 0 bridgehead atoms. The first-order valence-electron chi connectivity index (χ1n) is 5.94. The Labute approximate surface area is 106 Å². The molecule has 0 saturated heterocycles. The average Bonchev–Trinajstić information content (AvgIpc) is 2.43. The number of hydrogen-bond donors (Lipinski definition) is 1. The zero-order valence-corrected chi connectivity index (χ0v) is 10.3. The van der Waals surface area contributed by atoms with E-state index < -0.39 is 0 Å². The number of rotatable bonds is 4. The summed E-state index contributed by atoms with van der Waals surface area (Å²) in [5.41, 5.74) is 1.47. The van der Waals surface area contributed by atoms with Crippen molar-refractivity contribution in [3.63, 3.8) is 0 Å². The highest BCUT2D eigenvalue weighted by Gasteiger charge is 2.14. The van der Waals surface area contributed by atoms with Gasteiger partial charge < -0.3 is 10.0 Å². The molecule has 4 nitrogen and oxygen atoms in total. The van der Waals surface area contributed by atoms with Crippen molar-refractivity contribution in [2.45, 2.75) is 6.42 Å². The quantitative estimate of drug-likeness (QED) is 0.890. The fraction of sp³-hybridized carbons (Fsp3) is 0.286. The summed E-state index contributed by atoms with van der Waals surface area (Å²) in [5, 5.41) is 9.65. The van der Waals surface area contributed by atoms with E-state index in [0.717, 1.165) is 10.9 Å². The smallest absolute Gasteiger partial charge is 0.254 e. The second-order valence-corrected chi connectivity index (χ2v) is 4.18. The molecule has 94 valence electrons. The van der Waals surface area contributed by atoms with E-state index in [1.807, 2.05) is 24.3 Å². The summed E-state index contributed by atoms with van der Waals surface area (Å²) < 4.78 is 0. The van der Waals surface area contributed by atoms with E-state index in [1.54, 1.807) is 24.2 Å². The first-order valence-corrected chi connectivity index (χ1v) is 5.94. The number of para-hydroxylation sites is 1. The third-order valence-corrected chi connectivity index (χ3v) is 2.88. The van der Waals surface area contributed by atoms with Crippen LogP contribution in [0.4, 0.5) is 0 Å². The van der Waals surface area contributed by atoms with Crippen LogP contribution in [0.25, 0.3) is 10.9 Å². The monoisotopic (exact) mass is 244 g/mol. The second-order valence-electron chi connectivity index (χ2n) is 4.18. The van der Waals surface area contributed by atoms with Gasteiger partial charge in [0.2, 0.25) is 0 Å². The van der Waals surface area contributed by atoms with Gasteiger partial charge in [-0.05, 0) is 18.6 Å². The molecular weight excluding hydrogens is 228 g/mol. The van der Waals surface area contributed by atoms with E-state index in [9.17, 15) is 4.79 Å². The molecule has 4 heteroatoms. The maximum absolute atomic E-state index is 12.3. The first kappa shape index (κ1) is 12.5. The number of aliphatic hydroxyl groups excluding tert-OH is 1. The highest BCUT2D eigenvalue weighted by Crippen LogP contribution is 2.17. The predicted octanol–water partition coefficient (Wildman–Crippen LogP) is 1.69. The molecule has 0 aliphatic carbocycles. The van der Waals surface area contributed by atoms with Gasteiger partial charge in [-0.2, -0.15) is 0 Å². The summed E-state index contributed by atoms with van der Waals surface area (Å²) in [5.74, 6) is -0.0398. The Morgan fingerprint density at radius 1 is 1.33 bits per heavy atom. The molecule has 0 aliphatic rings. The first-order chi connectivity index (χ1) is 8.74. The van der Waals surface area contributed by atoms with Crippen LogP contribution in [0.1, 0.15) is 16.8 Å². The molecule has 0 atom stereocenters. The maximum Gasteiger partial charge on any atom is 0.254 e. The third-order valence-electron chi connectivity index (χ3n) is 2.88. The van der Waals surface area contributed by atoms with E-state index >= 15 is 0 Å². The summed E-state index contributed by atoms with van der Waals surface area (Å²) in [4.78, 5) is 18.1. The fourth-order valence-corrected chi connectivity index (χ4v) is 1.90. The number of nitrogens with zero attached hydrogens (tertiary/aromatic N) is 2. The molecule has 1 heterocycles. The van der Waals surface area contributed by atoms with Gasteiger partial charge in [0.25, 0.3) is 5.91 Å². The molecule has 0 saturated carbocycles. The fourth-order valence-electron chi connectivity index (χ4n) is 1.90. The standard InChI is InChI=1S/C14H16N2O2/c1-16(9-4-10-17)14(18)12-7-8-15-13-6-3-2-5-11(12)13/h2-3,5-8,17H,4,9-10H2,1H3. The number of aromatic nitrogens is 1. The van der Waals surface area contributed by atoms with Crippen LogP contribution >= 0.6 is 0 Å². The molecule has 1 amide bonds. The van der Waals surface area contributed by atoms with Crippen molar-refractivity contribution in [1.82, 2.24) is 9.88 Å². The molecule has 18 heavy (non-hydrogen) atoms. The van der Waals surface area contributed by atoms with Crippen LogP contribution in [0.15, 0.2) is 36.5 Å². The number of hydrogen-bond acceptors (Lipinski definition) is 3. The summed E-state index contributed by atoms with van der Waals surface area (Å²) in [6, 6.07) is 9.32. The molecule has 1 aromatic heterocycles. The van der Waals surface area contributed by atoms with Crippen LogP contribution < -0.4 is 0 Å². The Kier molecular flexibility index (Phi) is 3.89.